The van der Waals surface area contributed by atoms with Crippen LogP contribution in [0.5, 0.6) is 0 Å². The first-order valence-electron chi connectivity index (χ1n) is 3.91. The van der Waals surface area contributed by atoms with Crippen LogP contribution in [0.3, 0.4) is 0 Å². The van der Waals surface area contributed by atoms with Gasteiger partial charge in [0.1, 0.15) is 0 Å². The molecule has 0 bridgehead atoms. The highest BCUT2D eigenvalue weighted by Gasteiger charge is 2.52. The van der Waals surface area contributed by atoms with Gasteiger partial charge in [0, 0.05) is 22.9 Å². The molecule has 1 aromatic carbocycles. The molecule has 0 saturated heterocycles. The Hall–Kier alpha value is -0.810. The molecule has 1 aromatic rings. The minimum absolute atomic E-state index is 0.163. The number of halogens is 1. The van der Waals surface area contributed by atoms with Crippen LogP contribution in [0.2, 0.25) is 0 Å². The van der Waals surface area contributed by atoms with Crippen molar-refractivity contribution in [2.75, 3.05) is 0 Å². The summed E-state index contributed by atoms with van der Waals surface area (Å²) in [7, 11) is 0. The van der Waals surface area contributed by atoms with E-state index in [1.165, 1.54) is 0 Å². The van der Waals surface area contributed by atoms with E-state index in [0.29, 0.717) is 0 Å². The summed E-state index contributed by atoms with van der Waals surface area (Å²) in [5.74, 6) is 0. The van der Waals surface area contributed by atoms with E-state index in [-0.39, 0.29) is 5.54 Å². The van der Waals surface area contributed by atoms with Gasteiger partial charge in [-0.2, -0.15) is 0 Å². The molecule has 0 radical (unpaired) electrons. The van der Waals surface area contributed by atoms with E-state index in [2.05, 4.69) is 20.8 Å². The Kier molecular flexibility index (Phi) is 1.69. The Bertz CT molecular complexity index is 347. The topological polar surface area (TPSA) is 4.36 Å². The minimum Gasteiger partial charge on any atom is -0.305 e. The molecule has 1 fully saturated rings. The van der Waals surface area contributed by atoms with Gasteiger partial charge in [0.2, 0.25) is 0 Å². The Morgan fingerprint density at radius 1 is 1.42 bits per heavy atom. The predicted octanol–water partition coefficient (Wildman–Crippen LogP) is 3.36. The highest BCUT2D eigenvalue weighted by atomic mass is 79.9. The highest BCUT2D eigenvalue weighted by Crippen LogP contribution is 2.49. The second-order valence-corrected chi connectivity index (χ2v) is 4.07. The maximum atomic E-state index is 7.09. The van der Waals surface area contributed by atoms with Gasteiger partial charge in [-0.3, -0.25) is 0 Å². The lowest BCUT2D eigenvalue weighted by atomic mass is 10.1. The van der Waals surface area contributed by atoms with Gasteiger partial charge in [-0.05, 0) is 12.1 Å². The van der Waals surface area contributed by atoms with Crippen LogP contribution in [0.25, 0.3) is 4.85 Å². The van der Waals surface area contributed by atoms with Crippen LogP contribution in [0, 0.1) is 6.57 Å². The molecule has 0 N–H and O–H groups in total. The SMILES string of the molecule is [C-]#[N+]C1(c2cccc(Br)c2)CC1. The van der Waals surface area contributed by atoms with Crippen molar-refractivity contribution in [2.45, 2.75) is 18.4 Å². The maximum absolute atomic E-state index is 7.09. The number of hydrogen-bond donors (Lipinski definition) is 0. The van der Waals surface area contributed by atoms with Crippen molar-refractivity contribution in [1.82, 2.24) is 0 Å². The third kappa shape index (κ3) is 1.15. The summed E-state index contributed by atoms with van der Waals surface area (Å²) in [5.41, 5.74) is 0.996. The van der Waals surface area contributed by atoms with Crippen LogP contribution in [0.15, 0.2) is 28.7 Å². The first-order valence-corrected chi connectivity index (χ1v) is 4.71. The van der Waals surface area contributed by atoms with Crippen molar-refractivity contribution in [1.29, 1.82) is 0 Å². The predicted molar refractivity (Wildman–Crippen MR) is 51.7 cm³/mol. The molecule has 0 unspecified atom stereocenters. The molecular formula is C10H8BrN. The smallest absolute Gasteiger partial charge is 0.258 e. The summed E-state index contributed by atoms with van der Waals surface area (Å²) in [6.07, 6.45) is 2.04. The zero-order chi connectivity index (χ0) is 8.60. The Balaban J connectivity index is 2.42. The van der Waals surface area contributed by atoms with Gasteiger partial charge < -0.3 is 4.85 Å². The second-order valence-electron chi connectivity index (χ2n) is 3.15. The zero-order valence-corrected chi connectivity index (χ0v) is 8.13. The maximum Gasteiger partial charge on any atom is 0.258 e. The minimum atomic E-state index is -0.163. The van der Waals surface area contributed by atoms with Crippen LogP contribution in [-0.4, -0.2) is 0 Å². The third-order valence-electron chi connectivity index (χ3n) is 2.30. The summed E-state index contributed by atoms with van der Waals surface area (Å²) in [6.45, 7) is 7.09. The normalized spacial score (nSPS) is 18.3. The summed E-state index contributed by atoms with van der Waals surface area (Å²) < 4.78 is 1.06. The highest BCUT2D eigenvalue weighted by molar-refractivity contribution is 9.10. The monoisotopic (exact) mass is 221 g/mol. The van der Waals surface area contributed by atoms with Crippen molar-refractivity contribution >= 4 is 15.9 Å². The number of benzene rings is 1. The number of nitrogens with zero attached hydrogens (tertiary/aromatic N) is 1. The molecule has 2 heteroatoms. The Labute approximate surface area is 80.4 Å². The Morgan fingerprint density at radius 2 is 2.17 bits per heavy atom. The average Bonchev–Trinajstić information content (AvgIpc) is 2.84. The summed E-state index contributed by atoms with van der Waals surface area (Å²) >= 11 is 3.41. The van der Waals surface area contributed by atoms with E-state index in [1.54, 1.807) is 0 Å². The molecule has 0 amide bonds. The molecule has 12 heavy (non-hydrogen) atoms. The molecule has 0 heterocycles. The van der Waals surface area contributed by atoms with Crippen molar-refractivity contribution in [3.05, 3.63) is 45.7 Å². The van der Waals surface area contributed by atoms with Gasteiger partial charge in [-0.1, -0.05) is 28.1 Å². The molecule has 0 aliphatic heterocycles. The van der Waals surface area contributed by atoms with Crippen LogP contribution < -0.4 is 0 Å². The van der Waals surface area contributed by atoms with E-state index in [0.717, 1.165) is 22.9 Å². The zero-order valence-electron chi connectivity index (χ0n) is 6.55. The molecule has 0 atom stereocenters. The number of rotatable bonds is 1. The summed E-state index contributed by atoms with van der Waals surface area (Å²) in [4.78, 5) is 3.67. The third-order valence-corrected chi connectivity index (χ3v) is 2.79. The van der Waals surface area contributed by atoms with E-state index >= 15 is 0 Å². The van der Waals surface area contributed by atoms with Crippen LogP contribution >= 0.6 is 15.9 Å². The van der Waals surface area contributed by atoms with Gasteiger partial charge >= 0.3 is 0 Å². The van der Waals surface area contributed by atoms with Crippen molar-refractivity contribution in [3.8, 4) is 0 Å². The molecule has 60 valence electrons. The fourth-order valence-corrected chi connectivity index (χ4v) is 1.76. The molecular weight excluding hydrogens is 214 g/mol. The Morgan fingerprint density at radius 3 is 2.67 bits per heavy atom. The lowest BCUT2D eigenvalue weighted by molar-refractivity contribution is 0.883. The first kappa shape index (κ1) is 7.82. The van der Waals surface area contributed by atoms with E-state index in [9.17, 15) is 0 Å². The molecule has 2 rings (SSSR count). The van der Waals surface area contributed by atoms with Crippen molar-refractivity contribution < 1.29 is 0 Å². The van der Waals surface area contributed by atoms with Gasteiger partial charge in [0.25, 0.3) is 5.54 Å². The van der Waals surface area contributed by atoms with Gasteiger partial charge in [0.15, 0.2) is 0 Å². The van der Waals surface area contributed by atoms with E-state index in [1.807, 2.05) is 24.3 Å². The van der Waals surface area contributed by atoms with Crippen LogP contribution in [-0.2, 0) is 5.54 Å². The van der Waals surface area contributed by atoms with Gasteiger partial charge in [0.05, 0.1) is 0 Å². The first-order chi connectivity index (χ1) is 5.77. The van der Waals surface area contributed by atoms with Gasteiger partial charge in [-0.15, -0.1) is 0 Å². The van der Waals surface area contributed by atoms with E-state index in [4.69, 9.17) is 6.57 Å². The van der Waals surface area contributed by atoms with E-state index < -0.39 is 0 Å². The molecule has 0 spiro atoms. The lowest BCUT2D eigenvalue weighted by Crippen LogP contribution is -1.98. The fraction of sp³-hybridized carbons (Fsp3) is 0.300. The summed E-state index contributed by atoms with van der Waals surface area (Å²) in [5, 5.41) is 0. The molecule has 1 saturated carbocycles. The average molecular weight is 222 g/mol. The quantitative estimate of drug-likeness (QED) is 0.641. The lowest BCUT2D eigenvalue weighted by Gasteiger charge is -2.01. The molecule has 1 aliphatic carbocycles. The second kappa shape index (κ2) is 2.60. The van der Waals surface area contributed by atoms with Crippen molar-refractivity contribution in [3.63, 3.8) is 0 Å². The number of hydrogen-bond acceptors (Lipinski definition) is 0. The molecule has 1 aliphatic rings. The van der Waals surface area contributed by atoms with Crippen LogP contribution in [0.1, 0.15) is 18.4 Å². The van der Waals surface area contributed by atoms with Crippen LogP contribution in [0.4, 0.5) is 0 Å². The molecule has 0 aromatic heterocycles. The van der Waals surface area contributed by atoms with Gasteiger partial charge in [-0.25, -0.2) is 6.57 Å². The standard InChI is InChI=1S/C10H8BrN/c1-12-10(5-6-10)8-3-2-4-9(11)7-8/h2-4,7H,5-6H2. The largest absolute Gasteiger partial charge is 0.305 e. The fourth-order valence-electron chi connectivity index (χ4n) is 1.36. The molecule has 1 nitrogen and oxygen atoms in total. The van der Waals surface area contributed by atoms with Crippen molar-refractivity contribution in [2.24, 2.45) is 0 Å². The summed E-state index contributed by atoms with van der Waals surface area (Å²) in [6, 6.07) is 8.06.